The maximum Gasteiger partial charge on any atom is -0.0134 e. The van der Waals surface area contributed by atoms with Gasteiger partial charge in [-0.3, -0.25) is 0 Å². The smallest absolute Gasteiger partial charge is 0.0134 e. The van der Waals surface area contributed by atoms with Crippen LogP contribution < -0.4 is 0 Å². The second-order valence-corrected chi connectivity index (χ2v) is 4.91. The highest BCUT2D eigenvalue weighted by atomic mass is 14.4. The average Bonchev–Trinajstić information content (AvgIpc) is 2.80. The molecule has 1 saturated carbocycles. The van der Waals surface area contributed by atoms with Crippen molar-refractivity contribution >= 4 is 0 Å². The summed E-state index contributed by atoms with van der Waals surface area (Å²) in [5.74, 6) is 2.82. The van der Waals surface area contributed by atoms with Crippen LogP contribution in [0, 0.1) is 17.8 Å². The quantitative estimate of drug-likeness (QED) is 0.532. The zero-order chi connectivity index (χ0) is 8.67. The van der Waals surface area contributed by atoms with Crippen LogP contribution in [0.3, 0.4) is 0 Å². The van der Waals surface area contributed by atoms with E-state index in [1.54, 1.807) is 0 Å². The lowest BCUT2D eigenvalue weighted by atomic mass is 9.81. The third-order valence-electron chi connectivity index (χ3n) is 4.08. The number of allylic oxidation sites excluding steroid dienone is 4. The van der Waals surface area contributed by atoms with Crippen molar-refractivity contribution < 1.29 is 0 Å². The van der Waals surface area contributed by atoms with E-state index in [1.165, 1.54) is 38.5 Å². The minimum atomic E-state index is 0.925. The summed E-state index contributed by atoms with van der Waals surface area (Å²) in [6.07, 6.45) is 16.0. The molecule has 0 unspecified atom stereocenters. The summed E-state index contributed by atoms with van der Waals surface area (Å²) in [6, 6.07) is 0. The molecule has 70 valence electrons. The van der Waals surface area contributed by atoms with Crippen LogP contribution in [0.2, 0.25) is 0 Å². The number of hydrogen-bond donors (Lipinski definition) is 0. The molecule has 0 aromatic heterocycles. The summed E-state index contributed by atoms with van der Waals surface area (Å²) in [5.41, 5.74) is 1.81. The van der Waals surface area contributed by atoms with E-state index in [9.17, 15) is 0 Å². The fraction of sp³-hybridized carbons (Fsp3) is 0.692. The first kappa shape index (κ1) is 7.84. The van der Waals surface area contributed by atoms with Crippen molar-refractivity contribution in [1.29, 1.82) is 0 Å². The Kier molecular flexibility index (Phi) is 1.81. The molecule has 0 spiro atoms. The molecular weight excluding hydrogens is 156 g/mol. The van der Waals surface area contributed by atoms with Crippen LogP contribution in [-0.4, -0.2) is 0 Å². The summed E-state index contributed by atoms with van der Waals surface area (Å²) in [5, 5.41) is 0. The third-order valence-corrected chi connectivity index (χ3v) is 4.08. The van der Waals surface area contributed by atoms with Gasteiger partial charge in [0, 0.05) is 0 Å². The SMILES string of the molecule is C1=C[C@@H]2C[C@H]1C[C@@H]2C1=CCCCC1. The van der Waals surface area contributed by atoms with E-state index in [-0.39, 0.29) is 0 Å². The molecule has 0 saturated heterocycles. The van der Waals surface area contributed by atoms with E-state index < -0.39 is 0 Å². The predicted octanol–water partition coefficient (Wildman–Crippen LogP) is 3.70. The van der Waals surface area contributed by atoms with Crippen LogP contribution in [-0.2, 0) is 0 Å². The molecule has 1 fully saturated rings. The molecule has 0 radical (unpaired) electrons. The van der Waals surface area contributed by atoms with Gasteiger partial charge in [0.05, 0.1) is 0 Å². The van der Waals surface area contributed by atoms with Gasteiger partial charge in [-0.15, -0.1) is 0 Å². The fourth-order valence-electron chi connectivity index (χ4n) is 3.41. The Balaban J connectivity index is 1.79. The molecule has 3 rings (SSSR count). The predicted molar refractivity (Wildman–Crippen MR) is 55.4 cm³/mol. The van der Waals surface area contributed by atoms with Gasteiger partial charge in [0.25, 0.3) is 0 Å². The van der Waals surface area contributed by atoms with Crippen molar-refractivity contribution in [2.75, 3.05) is 0 Å². The highest BCUT2D eigenvalue weighted by molar-refractivity contribution is 5.21. The van der Waals surface area contributed by atoms with Crippen molar-refractivity contribution in [3.63, 3.8) is 0 Å². The lowest BCUT2D eigenvalue weighted by Gasteiger charge is -2.24. The van der Waals surface area contributed by atoms with Gasteiger partial charge in [-0.1, -0.05) is 23.8 Å². The van der Waals surface area contributed by atoms with Gasteiger partial charge in [0.2, 0.25) is 0 Å². The molecule has 0 amide bonds. The van der Waals surface area contributed by atoms with Crippen LogP contribution in [0.5, 0.6) is 0 Å². The zero-order valence-electron chi connectivity index (χ0n) is 8.21. The first-order chi connectivity index (χ1) is 6.43. The fourth-order valence-corrected chi connectivity index (χ4v) is 3.41. The van der Waals surface area contributed by atoms with Crippen LogP contribution >= 0.6 is 0 Å². The molecule has 0 aliphatic heterocycles. The Bertz CT molecular complexity index is 259. The molecule has 3 aliphatic carbocycles. The Morgan fingerprint density at radius 1 is 1.08 bits per heavy atom. The van der Waals surface area contributed by atoms with Crippen LogP contribution in [0.4, 0.5) is 0 Å². The molecule has 0 aromatic rings. The maximum atomic E-state index is 2.54. The van der Waals surface area contributed by atoms with Gasteiger partial charge in [0.15, 0.2) is 0 Å². The van der Waals surface area contributed by atoms with Gasteiger partial charge in [0.1, 0.15) is 0 Å². The van der Waals surface area contributed by atoms with E-state index in [4.69, 9.17) is 0 Å². The number of rotatable bonds is 1. The van der Waals surface area contributed by atoms with E-state index in [2.05, 4.69) is 18.2 Å². The normalized spacial score (nSPS) is 42.5. The first-order valence-corrected chi connectivity index (χ1v) is 5.81. The Morgan fingerprint density at radius 3 is 2.69 bits per heavy atom. The van der Waals surface area contributed by atoms with Gasteiger partial charge in [-0.2, -0.15) is 0 Å². The van der Waals surface area contributed by atoms with Gasteiger partial charge in [-0.05, 0) is 56.3 Å². The van der Waals surface area contributed by atoms with E-state index in [0.717, 1.165) is 17.8 Å². The maximum absolute atomic E-state index is 2.54. The summed E-state index contributed by atoms with van der Waals surface area (Å²) in [6.45, 7) is 0. The van der Waals surface area contributed by atoms with Gasteiger partial charge < -0.3 is 0 Å². The average molecular weight is 174 g/mol. The van der Waals surface area contributed by atoms with E-state index in [0.29, 0.717) is 0 Å². The van der Waals surface area contributed by atoms with E-state index in [1.807, 2.05) is 5.57 Å². The van der Waals surface area contributed by atoms with Crippen molar-refractivity contribution in [2.24, 2.45) is 17.8 Å². The largest absolute Gasteiger partial charge is 0.0851 e. The van der Waals surface area contributed by atoms with Crippen molar-refractivity contribution in [3.05, 3.63) is 23.8 Å². The molecule has 0 nitrogen and oxygen atoms in total. The Hall–Kier alpha value is -0.520. The molecular formula is C13H18. The summed E-state index contributed by atoms with van der Waals surface area (Å²) in [4.78, 5) is 0. The molecule has 13 heavy (non-hydrogen) atoms. The number of fused-ring (bicyclic) bond motifs is 2. The van der Waals surface area contributed by atoms with Crippen molar-refractivity contribution in [1.82, 2.24) is 0 Å². The Morgan fingerprint density at radius 2 is 2.08 bits per heavy atom. The lowest BCUT2D eigenvalue weighted by molar-refractivity contribution is 0.482. The van der Waals surface area contributed by atoms with Crippen LogP contribution in [0.1, 0.15) is 38.5 Å². The summed E-state index contributed by atoms with van der Waals surface area (Å²) >= 11 is 0. The molecule has 0 N–H and O–H groups in total. The van der Waals surface area contributed by atoms with Crippen molar-refractivity contribution in [2.45, 2.75) is 38.5 Å². The van der Waals surface area contributed by atoms with Crippen LogP contribution in [0.25, 0.3) is 0 Å². The molecule has 0 heterocycles. The molecule has 3 atom stereocenters. The minimum Gasteiger partial charge on any atom is -0.0851 e. The summed E-state index contributed by atoms with van der Waals surface area (Å²) in [7, 11) is 0. The standard InChI is InChI=1S/C13H18/c1-2-4-11(5-3-1)13-9-10-6-7-12(13)8-10/h4,6-7,10,12-13H,1-3,5,8-9H2/t10-,12+,13+/m0/s1. The number of hydrogen-bond acceptors (Lipinski definition) is 0. The van der Waals surface area contributed by atoms with Crippen LogP contribution in [0.15, 0.2) is 23.8 Å². The Labute approximate surface area is 80.7 Å². The first-order valence-electron chi connectivity index (χ1n) is 5.81. The zero-order valence-corrected chi connectivity index (χ0v) is 8.21. The van der Waals surface area contributed by atoms with E-state index >= 15 is 0 Å². The molecule has 3 aliphatic rings. The monoisotopic (exact) mass is 174 g/mol. The third kappa shape index (κ3) is 1.27. The topological polar surface area (TPSA) is 0 Å². The minimum absolute atomic E-state index is 0.925. The van der Waals surface area contributed by atoms with Gasteiger partial charge >= 0.3 is 0 Å². The lowest BCUT2D eigenvalue weighted by Crippen LogP contribution is -2.11. The van der Waals surface area contributed by atoms with Gasteiger partial charge in [-0.25, -0.2) is 0 Å². The highest BCUT2D eigenvalue weighted by Crippen LogP contribution is 2.48. The second kappa shape index (κ2) is 3.01. The second-order valence-electron chi connectivity index (χ2n) is 4.91. The molecule has 2 bridgehead atoms. The summed E-state index contributed by atoms with van der Waals surface area (Å²) < 4.78 is 0. The molecule has 0 heteroatoms. The highest BCUT2D eigenvalue weighted by Gasteiger charge is 2.37. The van der Waals surface area contributed by atoms with Crippen molar-refractivity contribution in [3.8, 4) is 0 Å². The molecule has 0 aromatic carbocycles.